The molecule has 12 rings (SSSR count). The Morgan fingerprint density at radius 1 is 0.302 bits per heavy atom. The molecular weight excluding hydrogens is 783 g/mol. The molecule has 0 radical (unpaired) electrons. The van der Waals surface area contributed by atoms with Crippen molar-refractivity contribution in [2.45, 2.75) is 0 Å². The minimum atomic E-state index is 0.850. The predicted molar refractivity (Wildman–Crippen MR) is 268 cm³/mol. The Hall–Kier alpha value is -7.98. The second-order valence-corrected chi connectivity index (χ2v) is 17.1. The van der Waals surface area contributed by atoms with Crippen molar-refractivity contribution in [1.82, 2.24) is 0 Å². The van der Waals surface area contributed by atoms with Crippen LogP contribution in [0.2, 0.25) is 0 Å². The Kier molecular flexibility index (Phi) is 9.06. The van der Waals surface area contributed by atoms with E-state index in [9.17, 15) is 0 Å². The Bertz CT molecular complexity index is 3620. The number of para-hydroxylation sites is 1. The minimum Gasteiger partial charge on any atom is -0.456 e. The SMILES string of the molecule is c1ccc(-c2cccc(-c3cccc(N(c4ccc(-c5ccccc5)c(-c5ccccc5)c4)c4ccc5c(c4)oc4ccccc45)c3-c3ccc4c(c3)sc3ccccc34)c2)cc1. The van der Waals surface area contributed by atoms with Crippen LogP contribution in [0.4, 0.5) is 17.1 Å². The van der Waals surface area contributed by atoms with Gasteiger partial charge in [0, 0.05) is 53.9 Å². The van der Waals surface area contributed by atoms with Crippen LogP contribution in [0.25, 0.3) is 97.7 Å². The highest BCUT2D eigenvalue weighted by molar-refractivity contribution is 7.25. The van der Waals surface area contributed by atoms with Gasteiger partial charge in [-0.3, -0.25) is 0 Å². The van der Waals surface area contributed by atoms with Gasteiger partial charge in [0.05, 0.1) is 5.69 Å². The molecule has 2 heterocycles. The van der Waals surface area contributed by atoms with Crippen molar-refractivity contribution in [1.29, 1.82) is 0 Å². The van der Waals surface area contributed by atoms with Crippen molar-refractivity contribution in [2.24, 2.45) is 0 Å². The Labute approximate surface area is 370 Å². The molecule has 296 valence electrons. The van der Waals surface area contributed by atoms with Crippen LogP contribution in [0.15, 0.2) is 241 Å². The fraction of sp³-hybridized carbons (Fsp3) is 0. The third-order valence-corrected chi connectivity index (χ3v) is 13.4. The van der Waals surface area contributed by atoms with E-state index in [1.54, 1.807) is 0 Å². The number of nitrogens with zero attached hydrogens (tertiary/aromatic N) is 1. The summed E-state index contributed by atoms with van der Waals surface area (Å²) < 4.78 is 9.16. The van der Waals surface area contributed by atoms with E-state index in [4.69, 9.17) is 4.42 Å². The van der Waals surface area contributed by atoms with Crippen LogP contribution in [0.5, 0.6) is 0 Å². The van der Waals surface area contributed by atoms with Crippen molar-refractivity contribution in [2.75, 3.05) is 4.90 Å². The molecule has 0 aliphatic carbocycles. The largest absolute Gasteiger partial charge is 0.456 e. The monoisotopic (exact) mass is 821 g/mol. The van der Waals surface area contributed by atoms with Gasteiger partial charge in [-0.25, -0.2) is 0 Å². The maximum absolute atomic E-state index is 6.60. The Morgan fingerprint density at radius 3 is 1.70 bits per heavy atom. The third-order valence-electron chi connectivity index (χ3n) is 12.3. The maximum Gasteiger partial charge on any atom is 0.137 e. The van der Waals surface area contributed by atoms with Crippen LogP contribution in [0, 0.1) is 0 Å². The molecule has 0 atom stereocenters. The standard InChI is InChI=1S/C60H39NOS/c1-4-16-40(17-5-1)43-22-14-23-44(36-43)49-26-15-27-55(60(49)45-30-33-53-52-25-11-13-29-58(52)63-59(53)37-45)61(47-32-35-51-50-24-10-12-28-56(50)62-57(51)39-47)46-31-34-48(41-18-6-2-7-19-41)54(38-46)42-20-8-3-9-21-42/h1-39H. The van der Waals surface area contributed by atoms with E-state index in [0.717, 1.165) is 72.4 Å². The maximum atomic E-state index is 6.60. The van der Waals surface area contributed by atoms with Gasteiger partial charge >= 0.3 is 0 Å². The van der Waals surface area contributed by atoms with Crippen LogP contribution >= 0.6 is 11.3 Å². The van der Waals surface area contributed by atoms with E-state index in [0.29, 0.717) is 0 Å². The van der Waals surface area contributed by atoms with E-state index >= 15 is 0 Å². The molecule has 2 aromatic heterocycles. The predicted octanol–water partition coefficient (Wildman–Crippen LogP) is 17.8. The zero-order valence-electron chi connectivity index (χ0n) is 34.3. The smallest absolute Gasteiger partial charge is 0.137 e. The first-order chi connectivity index (χ1) is 31.2. The first kappa shape index (κ1) is 36.8. The zero-order chi connectivity index (χ0) is 41.7. The molecule has 12 aromatic rings. The van der Waals surface area contributed by atoms with Crippen LogP contribution in [-0.4, -0.2) is 0 Å². The summed E-state index contributed by atoms with van der Waals surface area (Å²) in [6.45, 7) is 0. The molecule has 3 heteroatoms. The molecule has 0 unspecified atom stereocenters. The number of rotatable bonds is 8. The normalized spacial score (nSPS) is 11.5. The van der Waals surface area contributed by atoms with E-state index in [1.807, 2.05) is 17.4 Å². The second kappa shape index (κ2) is 15.5. The molecule has 2 nitrogen and oxygen atoms in total. The lowest BCUT2D eigenvalue weighted by Gasteiger charge is -2.30. The number of hydrogen-bond acceptors (Lipinski definition) is 3. The summed E-state index contributed by atoms with van der Waals surface area (Å²) in [5.74, 6) is 0. The molecule has 0 amide bonds. The quantitative estimate of drug-likeness (QED) is 0.152. The van der Waals surface area contributed by atoms with Gasteiger partial charge in [-0.1, -0.05) is 176 Å². The topological polar surface area (TPSA) is 16.4 Å². The van der Waals surface area contributed by atoms with E-state index in [1.165, 1.54) is 42.4 Å². The highest BCUT2D eigenvalue weighted by Gasteiger charge is 2.24. The van der Waals surface area contributed by atoms with E-state index in [2.05, 4.69) is 235 Å². The molecule has 0 aliphatic rings. The Morgan fingerprint density at radius 2 is 0.889 bits per heavy atom. The van der Waals surface area contributed by atoms with Crippen molar-refractivity contribution in [3.8, 4) is 55.6 Å². The molecule has 0 bridgehead atoms. The average Bonchev–Trinajstić information content (AvgIpc) is 3.92. The molecule has 0 saturated carbocycles. The fourth-order valence-corrected chi connectivity index (χ4v) is 10.5. The van der Waals surface area contributed by atoms with Gasteiger partial charge in [-0.15, -0.1) is 11.3 Å². The van der Waals surface area contributed by atoms with Gasteiger partial charge in [0.2, 0.25) is 0 Å². The van der Waals surface area contributed by atoms with E-state index in [-0.39, 0.29) is 0 Å². The summed E-state index contributed by atoms with van der Waals surface area (Å²) in [5, 5.41) is 4.78. The first-order valence-electron chi connectivity index (χ1n) is 21.4. The number of thiophene rings is 1. The van der Waals surface area contributed by atoms with Gasteiger partial charge in [-0.05, 0) is 105 Å². The van der Waals surface area contributed by atoms with Crippen LogP contribution in [0.1, 0.15) is 0 Å². The minimum absolute atomic E-state index is 0.850. The summed E-state index contributed by atoms with van der Waals surface area (Å²) in [7, 11) is 0. The van der Waals surface area contributed by atoms with Crippen LogP contribution in [0.3, 0.4) is 0 Å². The summed E-state index contributed by atoms with van der Waals surface area (Å²) in [5.41, 5.74) is 16.5. The number of hydrogen-bond donors (Lipinski definition) is 0. The van der Waals surface area contributed by atoms with Gasteiger partial charge < -0.3 is 9.32 Å². The lowest BCUT2D eigenvalue weighted by Crippen LogP contribution is -2.12. The number of fused-ring (bicyclic) bond motifs is 6. The highest BCUT2D eigenvalue weighted by Crippen LogP contribution is 2.49. The van der Waals surface area contributed by atoms with E-state index < -0.39 is 0 Å². The molecular formula is C60H39NOS. The lowest BCUT2D eigenvalue weighted by molar-refractivity contribution is 0.669. The van der Waals surface area contributed by atoms with Crippen molar-refractivity contribution >= 4 is 70.5 Å². The molecule has 10 aromatic carbocycles. The molecule has 0 aliphatic heterocycles. The van der Waals surface area contributed by atoms with Gasteiger partial charge in [-0.2, -0.15) is 0 Å². The molecule has 0 spiro atoms. The second-order valence-electron chi connectivity index (χ2n) is 16.0. The van der Waals surface area contributed by atoms with Crippen molar-refractivity contribution in [3.05, 3.63) is 237 Å². The molecule has 0 fully saturated rings. The van der Waals surface area contributed by atoms with Crippen LogP contribution < -0.4 is 4.90 Å². The van der Waals surface area contributed by atoms with Gasteiger partial charge in [0.1, 0.15) is 11.2 Å². The zero-order valence-corrected chi connectivity index (χ0v) is 35.1. The Balaban J connectivity index is 1.15. The third kappa shape index (κ3) is 6.58. The average molecular weight is 822 g/mol. The summed E-state index contributed by atoms with van der Waals surface area (Å²) in [6, 6.07) is 85.6. The lowest BCUT2D eigenvalue weighted by atomic mass is 9.90. The summed E-state index contributed by atoms with van der Waals surface area (Å²) in [6.07, 6.45) is 0. The van der Waals surface area contributed by atoms with Gasteiger partial charge in [0.25, 0.3) is 0 Å². The number of anilines is 3. The summed E-state index contributed by atoms with van der Waals surface area (Å²) >= 11 is 1.86. The van der Waals surface area contributed by atoms with Crippen LogP contribution in [-0.2, 0) is 0 Å². The number of benzene rings is 10. The van der Waals surface area contributed by atoms with Crippen molar-refractivity contribution < 1.29 is 4.42 Å². The first-order valence-corrected chi connectivity index (χ1v) is 22.2. The number of furan rings is 1. The highest BCUT2D eigenvalue weighted by atomic mass is 32.1. The molecule has 63 heavy (non-hydrogen) atoms. The fourth-order valence-electron chi connectivity index (χ4n) is 9.33. The molecule has 0 saturated heterocycles. The molecule has 0 N–H and O–H groups in total. The van der Waals surface area contributed by atoms with Crippen molar-refractivity contribution in [3.63, 3.8) is 0 Å². The van der Waals surface area contributed by atoms with Gasteiger partial charge in [0.15, 0.2) is 0 Å². The summed E-state index contributed by atoms with van der Waals surface area (Å²) in [4.78, 5) is 2.43.